The first-order valence-electron chi connectivity index (χ1n) is 5.68. The van der Waals surface area contributed by atoms with E-state index in [1.165, 1.54) is 0 Å². The van der Waals surface area contributed by atoms with Gasteiger partial charge in [0, 0.05) is 16.5 Å². The lowest BCUT2D eigenvalue weighted by atomic mass is 9.78. The fourth-order valence-electron chi connectivity index (χ4n) is 1.79. The minimum atomic E-state index is -0.185. The molecule has 1 rings (SSSR count). The zero-order chi connectivity index (χ0) is 12.7. The third-order valence-electron chi connectivity index (χ3n) is 2.60. The van der Waals surface area contributed by atoms with Crippen molar-refractivity contribution in [2.24, 2.45) is 0 Å². The molecule has 0 aliphatic carbocycles. The highest BCUT2D eigenvalue weighted by Crippen LogP contribution is 2.31. The minimum Gasteiger partial charge on any atom is -0.468 e. The van der Waals surface area contributed by atoms with Crippen molar-refractivity contribution in [3.8, 4) is 0 Å². The molecule has 0 N–H and O–H groups in total. The van der Waals surface area contributed by atoms with Crippen molar-refractivity contribution in [2.45, 2.75) is 59.3 Å². The highest BCUT2D eigenvalue weighted by molar-refractivity contribution is 5.32. The van der Waals surface area contributed by atoms with E-state index in [-0.39, 0.29) is 16.3 Å². The Hall–Kier alpha value is -1.05. The molecule has 0 aliphatic heterocycles. The summed E-state index contributed by atoms with van der Waals surface area (Å²) in [6.07, 6.45) is 1.57. The zero-order valence-electron chi connectivity index (χ0n) is 11.4. The number of hydrogen-bond donors (Lipinski definition) is 0. The van der Waals surface area contributed by atoms with Crippen molar-refractivity contribution in [1.82, 2.24) is 0 Å². The molecule has 0 atom stereocenters. The molecule has 1 aromatic heterocycles. The maximum Gasteiger partial charge on any atom is 0.191 e. The van der Waals surface area contributed by atoms with E-state index < -0.39 is 0 Å². The van der Waals surface area contributed by atoms with Crippen LogP contribution in [0.3, 0.4) is 0 Å². The quantitative estimate of drug-likeness (QED) is 0.672. The SMILES string of the molecule is Cc1coc(C(C)(C)C)c(C(C)(C)C)c1=O. The molecule has 16 heavy (non-hydrogen) atoms. The molecule has 0 aliphatic rings. The van der Waals surface area contributed by atoms with E-state index in [4.69, 9.17) is 4.42 Å². The Kier molecular flexibility index (Phi) is 3.06. The van der Waals surface area contributed by atoms with Crippen LogP contribution in [0.2, 0.25) is 0 Å². The molecule has 2 heteroatoms. The van der Waals surface area contributed by atoms with Gasteiger partial charge < -0.3 is 4.42 Å². The molecule has 0 unspecified atom stereocenters. The van der Waals surface area contributed by atoms with Crippen LogP contribution in [-0.2, 0) is 10.8 Å². The van der Waals surface area contributed by atoms with Crippen LogP contribution < -0.4 is 5.43 Å². The monoisotopic (exact) mass is 222 g/mol. The molecular formula is C14H22O2. The Morgan fingerprint density at radius 2 is 1.50 bits per heavy atom. The molecule has 0 saturated carbocycles. The van der Waals surface area contributed by atoms with E-state index in [0.29, 0.717) is 5.56 Å². The van der Waals surface area contributed by atoms with E-state index in [9.17, 15) is 4.79 Å². The van der Waals surface area contributed by atoms with E-state index in [2.05, 4.69) is 20.8 Å². The van der Waals surface area contributed by atoms with Crippen LogP contribution in [0.5, 0.6) is 0 Å². The molecule has 0 radical (unpaired) electrons. The summed E-state index contributed by atoms with van der Waals surface area (Å²) >= 11 is 0. The standard InChI is InChI=1S/C14H22O2/c1-9-8-16-12(14(5,6)7)10(11(9)15)13(2,3)4/h8H,1-7H3. The summed E-state index contributed by atoms with van der Waals surface area (Å²) in [6, 6.07) is 0. The van der Waals surface area contributed by atoms with Gasteiger partial charge in [0.15, 0.2) is 5.43 Å². The molecule has 1 heterocycles. The average molecular weight is 222 g/mol. The predicted octanol–water partition coefficient (Wildman–Crippen LogP) is 3.54. The van der Waals surface area contributed by atoms with Crippen LogP contribution in [0.4, 0.5) is 0 Å². The van der Waals surface area contributed by atoms with Gasteiger partial charge in [-0.15, -0.1) is 0 Å². The van der Waals surface area contributed by atoms with Crippen LogP contribution in [-0.4, -0.2) is 0 Å². The normalized spacial score (nSPS) is 12.9. The first kappa shape index (κ1) is 13.0. The van der Waals surface area contributed by atoms with Crippen LogP contribution in [0.25, 0.3) is 0 Å². The Balaban J connectivity index is 3.66. The third kappa shape index (κ3) is 2.37. The number of hydrogen-bond acceptors (Lipinski definition) is 2. The fraction of sp³-hybridized carbons (Fsp3) is 0.643. The van der Waals surface area contributed by atoms with E-state index in [0.717, 1.165) is 11.3 Å². The van der Waals surface area contributed by atoms with Gasteiger partial charge in [-0.25, -0.2) is 0 Å². The van der Waals surface area contributed by atoms with Crippen LogP contribution in [0.15, 0.2) is 15.5 Å². The average Bonchev–Trinajstić information content (AvgIpc) is 2.05. The Labute approximate surface area is 97.7 Å². The van der Waals surface area contributed by atoms with Gasteiger partial charge in [0.2, 0.25) is 0 Å². The molecule has 0 amide bonds. The van der Waals surface area contributed by atoms with Gasteiger partial charge in [-0.05, 0) is 12.3 Å². The number of rotatable bonds is 0. The summed E-state index contributed by atoms with van der Waals surface area (Å²) in [6.45, 7) is 14.1. The summed E-state index contributed by atoms with van der Waals surface area (Å²) in [4.78, 5) is 12.2. The van der Waals surface area contributed by atoms with Gasteiger partial charge in [0.25, 0.3) is 0 Å². The zero-order valence-corrected chi connectivity index (χ0v) is 11.4. The lowest BCUT2D eigenvalue weighted by Crippen LogP contribution is -2.30. The Morgan fingerprint density at radius 3 is 1.88 bits per heavy atom. The third-order valence-corrected chi connectivity index (χ3v) is 2.60. The van der Waals surface area contributed by atoms with Crippen molar-refractivity contribution in [3.63, 3.8) is 0 Å². The second-order valence-electron chi connectivity index (χ2n) is 6.45. The molecule has 90 valence electrons. The lowest BCUT2D eigenvalue weighted by Gasteiger charge is -2.27. The van der Waals surface area contributed by atoms with Gasteiger partial charge in [-0.3, -0.25) is 4.79 Å². The maximum absolute atomic E-state index is 12.2. The fourth-order valence-corrected chi connectivity index (χ4v) is 1.79. The van der Waals surface area contributed by atoms with Gasteiger partial charge in [0.1, 0.15) is 5.76 Å². The molecule has 0 saturated heterocycles. The van der Waals surface area contributed by atoms with Gasteiger partial charge in [0.05, 0.1) is 6.26 Å². The second kappa shape index (κ2) is 3.76. The van der Waals surface area contributed by atoms with E-state index in [1.54, 1.807) is 13.2 Å². The topological polar surface area (TPSA) is 30.2 Å². The molecule has 1 aromatic rings. The highest BCUT2D eigenvalue weighted by Gasteiger charge is 2.30. The summed E-state index contributed by atoms with van der Waals surface area (Å²) in [5, 5.41) is 0. The largest absolute Gasteiger partial charge is 0.468 e. The van der Waals surface area contributed by atoms with Gasteiger partial charge in [-0.1, -0.05) is 41.5 Å². The molecule has 0 spiro atoms. The minimum absolute atomic E-state index is 0.115. The Bertz CT molecular complexity index is 439. The smallest absolute Gasteiger partial charge is 0.191 e. The number of aryl methyl sites for hydroxylation is 1. The van der Waals surface area contributed by atoms with Gasteiger partial charge in [-0.2, -0.15) is 0 Å². The Morgan fingerprint density at radius 1 is 1.00 bits per heavy atom. The molecule has 0 bridgehead atoms. The van der Waals surface area contributed by atoms with Crippen LogP contribution in [0.1, 0.15) is 58.4 Å². The van der Waals surface area contributed by atoms with Crippen molar-refractivity contribution >= 4 is 0 Å². The second-order valence-corrected chi connectivity index (χ2v) is 6.45. The lowest BCUT2D eigenvalue weighted by molar-refractivity contribution is 0.369. The van der Waals surface area contributed by atoms with E-state index in [1.807, 2.05) is 20.8 Å². The summed E-state index contributed by atoms with van der Waals surface area (Å²) in [7, 11) is 0. The molecule has 2 nitrogen and oxygen atoms in total. The predicted molar refractivity (Wildman–Crippen MR) is 67.1 cm³/mol. The summed E-state index contributed by atoms with van der Waals surface area (Å²) in [5.74, 6) is 0.801. The molecule has 0 aromatic carbocycles. The van der Waals surface area contributed by atoms with Crippen molar-refractivity contribution in [3.05, 3.63) is 33.4 Å². The molecule has 0 fully saturated rings. The first-order valence-corrected chi connectivity index (χ1v) is 5.68. The highest BCUT2D eigenvalue weighted by atomic mass is 16.3. The van der Waals surface area contributed by atoms with Crippen LogP contribution >= 0.6 is 0 Å². The maximum atomic E-state index is 12.2. The van der Waals surface area contributed by atoms with Gasteiger partial charge >= 0.3 is 0 Å². The van der Waals surface area contributed by atoms with Crippen molar-refractivity contribution in [2.75, 3.05) is 0 Å². The summed E-state index contributed by atoms with van der Waals surface area (Å²) < 4.78 is 5.66. The van der Waals surface area contributed by atoms with Crippen molar-refractivity contribution in [1.29, 1.82) is 0 Å². The van der Waals surface area contributed by atoms with Crippen LogP contribution in [0, 0.1) is 6.92 Å². The summed E-state index contributed by atoms with van der Waals surface area (Å²) in [5.41, 5.74) is 1.27. The van der Waals surface area contributed by atoms with E-state index >= 15 is 0 Å². The molecular weight excluding hydrogens is 200 g/mol. The first-order chi connectivity index (χ1) is 7.05. The van der Waals surface area contributed by atoms with Crippen molar-refractivity contribution < 1.29 is 4.42 Å².